The van der Waals surface area contributed by atoms with Gasteiger partial charge in [0.1, 0.15) is 0 Å². The first-order chi connectivity index (χ1) is 7.93. The molecular formula is C15H22O2. The SMILES string of the molecule is C=C1C(=O)CC2C3CCC(CO)C12CC3(C)C. The Hall–Kier alpha value is -0.630. The summed E-state index contributed by atoms with van der Waals surface area (Å²) in [5.41, 5.74) is 1.08. The number of carbonyl (C=O) groups excluding carboxylic acids is 1. The molecule has 1 N–H and O–H groups in total. The van der Waals surface area contributed by atoms with E-state index in [0.717, 1.165) is 18.4 Å². The van der Waals surface area contributed by atoms with E-state index in [-0.39, 0.29) is 23.7 Å². The Bertz CT molecular complexity index is 396. The van der Waals surface area contributed by atoms with Crippen molar-refractivity contribution in [1.29, 1.82) is 0 Å². The Morgan fingerprint density at radius 2 is 2.06 bits per heavy atom. The number of hydrogen-bond acceptors (Lipinski definition) is 2. The van der Waals surface area contributed by atoms with Crippen LogP contribution in [0.3, 0.4) is 0 Å². The molecule has 0 aromatic carbocycles. The monoisotopic (exact) mass is 234 g/mol. The summed E-state index contributed by atoms with van der Waals surface area (Å²) in [4.78, 5) is 12.0. The lowest BCUT2D eigenvalue weighted by Crippen LogP contribution is -2.39. The van der Waals surface area contributed by atoms with E-state index >= 15 is 0 Å². The Morgan fingerprint density at radius 3 is 2.71 bits per heavy atom. The molecule has 3 aliphatic carbocycles. The Labute approximate surface area is 103 Å². The van der Waals surface area contributed by atoms with Gasteiger partial charge in [-0.15, -0.1) is 0 Å². The van der Waals surface area contributed by atoms with Gasteiger partial charge in [-0.3, -0.25) is 4.79 Å². The van der Waals surface area contributed by atoms with E-state index in [9.17, 15) is 9.90 Å². The van der Waals surface area contributed by atoms with Gasteiger partial charge in [0.2, 0.25) is 0 Å². The van der Waals surface area contributed by atoms with Gasteiger partial charge in [-0.1, -0.05) is 20.4 Å². The number of aliphatic hydroxyl groups is 1. The highest BCUT2D eigenvalue weighted by atomic mass is 16.3. The van der Waals surface area contributed by atoms with E-state index in [1.807, 2.05) is 0 Å². The van der Waals surface area contributed by atoms with Crippen LogP contribution >= 0.6 is 0 Å². The number of Topliss-reactive ketones (excluding diaryl/α,β-unsaturated/α-hetero) is 1. The van der Waals surface area contributed by atoms with Gasteiger partial charge in [0.05, 0.1) is 0 Å². The van der Waals surface area contributed by atoms with Crippen LogP contribution in [0, 0.1) is 28.6 Å². The zero-order valence-corrected chi connectivity index (χ0v) is 10.8. The minimum atomic E-state index is -0.0573. The molecule has 0 aromatic heterocycles. The van der Waals surface area contributed by atoms with Gasteiger partial charge in [-0.2, -0.15) is 0 Å². The second-order valence-electron chi connectivity index (χ2n) is 6.98. The minimum Gasteiger partial charge on any atom is -0.396 e. The smallest absolute Gasteiger partial charge is 0.159 e. The Morgan fingerprint density at radius 1 is 1.35 bits per heavy atom. The fourth-order valence-electron chi connectivity index (χ4n) is 5.34. The summed E-state index contributed by atoms with van der Waals surface area (Å²) in [6, 6.07) is 0. The number of carbonyl (C=O) groups is 1. The van der Waals surface area contributed by atoms with E-state index in [2.05, 4.69) is 20.4 Å². The van der Waals surface area contributed by atoms with Crippen LogP contribution in [-0.4, -0.2) is 17.5 Å². The molecule has 94 valence electrons. The second-order valence-corrected chi connectivity index (χ2v) is 6.98. The quantitative estimate of drug-likeness (QED) is 0.708. The fraction of sp³-hybridized carbons (Fsp3) is 0.800. The molecule has 2 nitrogen and oxygen atoms in total. The van der Waals surface area contributed by atoms with E-state index in [1.54, 1.807) is 0 Å². The van der Waals surface area contributed by atoms with Crippen molar-refractivity contribution in [2.75, 3.05) is 6.61 Å². The molecule has 3 aliphatic rings. The predicted octanol–water partition coefficient (Wildman–Crippen LogP) is 2.57. The van der Waals surface area contributed by atoms with Crippen LogP contribution in [0.25, 0.3) is 0 Å². The van der Waals surface area contributed by atoms with Gasteiger partial charge < -0.3 is 5.11 Å². The summed E-state index contributed by atoms with van der Waals surface area (Å²) >= 11 is 0. The van der Waals surface area contributed by atoms with Crippen molar-refractivity contribution >= 4 is 5.78 Å². The van der Waals surface area contributed by atoms with E-state index in [1.165, 1.54) is 6.42 Å². The molecule has 0 spiro atoms. The molecular weight excluding hydrogens is 212 g/mol. The molecule has 3 saturated carbocycles. The molecule has 2 bridgehead atoms. The lowest BCUT2D eigenvalue weighted by Gasteiger charge is -2.42. The lowest BCUT2D eigenvalue weighted by atomic mass is 9.61. The molecule has 4 atom stereocenters. The summed E-state index contributed by atoms with van der Waals surface area (Å²) in [5, 5.41) is 9.67. The Kier molecular flexibility index (Phi) is 2.17. The number of allylic oxidation sites excluding steroid dienone is 1. The average molecular weight is 234 g/mol. The van der Waals surface area contributed by atoms with Crippen LogP contribution in [0.4, 0.5) is 0 Å². The third kappa shape index (κ3) is 1.17. The van der Waals surface area contributed by atoms with Crippen molar-refractivity contribution in [2.45, 2.75) is 39.5 Å². The number of ketones is 1. The largest absolute Gasteiger partial charge is 0.396 e. The summed E-state index contributed by atoms with van der Waals surface area (Å²) in [7, 11) is 0. The molecule has 0 heterocycles. The number of rotatable bonds is 1. The van der Waals surface area contributed by atoms with Crippen LogP contribution in [0.5, 0.6) is 0 Å². The maximum atomic E-state index is 12.0. The van der Waals surface area contributed by atoms with Crippen molar-refractivity contribution in [3.63, 3.8) is 0 Å². The van der Waals surface area contributed by atoms with Crippen LogP contribution in [0.1, 0.15) is 39.5 Å². The van der Waals surface area contributed by atoms with Gasteiger partial charge in [0.15, 0.2) is 5.78 Å². The molecule has 0 amide bonds. The molecule has 0 radical (unpaired) electrons. The molecule has 0 aromatic rings. The molecule has 17 heavy (non-hydrogen) atoms. The van der Waals surface area contributed by atoms with Crippen LogP contribution in [-0.2, 0) is 4.79 Å². The summed E-state index contributed by atoms with van der Waals surface area (Å²) in [5.74, 6) is 1.64. The molecule has 0 aliphatic heterocycles. The summed E-state index contributed by atoms with van der Waals surface area (Å²) in [6.45, 7) is 8.96. The number of aliphatic hydroxyl groups excluding tert-OH is 1. The van der Waals surface area contributed by atoms with Crippen LogP contribution in [0.2, 0.25) is 0 Å². The normalized spacial score (nSPS) is 47.4. The second kappa shape index (κ2) is 3.23. The van der Waals surface area contributed by atoms with Crippen molar-refractivity contribution in [1.82, 2.24) is 0 Å². The first-order valence-electron chi connectivity index (χ1n) is 6.77. The maximum Gasteiger partial charge on any atom is 0.159 e. The van der Waals surface area contributed by atoms with Gasteiger partial charge in [0, 0.05) is 18.4 Å². The topological polar surface area (TPSA) is 37.3 Å². The van der Waals surface area contributed by atoms with Crippen molar-refractivity contribution < 1.29 is 9.90 Å². The maximum absolute atomic E-state index is 12.0. The highest BCUT2D eigenvalue weighted by molar-refractivity contribution is 5.99. The van der Waals surface area contributed by atoms with Crippen LogP contribution < -0.4 is 0 Å². The standard InChI is InChI=1S/C15H22O2/c1-9-13(17)6-12-11-5-4-10(7-16)15(9,12)8-14(11,2)3/h10-12,16H,1,4-8H2,2-3H3. The first-order valence-corrected chi connectivity index (χ1v) is 6.77. The van der Waals surface area contributed by atoms with Crippen LogP contribution in [0.15, 0.2) is 12.2 Å². The third-order valence-corrected chi connectivity index (χ3v) is 5.98. The van der Waals surface area contributed by atoms with E-state index < -0.39 is 0 Å². The molecule has 3 rings (SSSR count). The predicted molar refractivity (Wildman–Crippen MR) is 66.4 cm³/mol. The number of hydrogen-bond donors (Lipinski definition) is 1. The fourth-order valence-corrected chi connectivity index (χ4v) is 5.34. The summed E-state index contributed by atoms with van der Waals surface area (Å²) in [6.07, 6.45) is 3.97. The van der Waals surface area contributed by atoms with E-state index in [0.29, 0.717) is 23.7 Å². The molecule has 0 saturated heterocycles. The first kappa shape index (κ1) is 11.5. The molecule has 3 fully saturated rings. The highest BCUT2D eigenvalue weighted by Gasteiger charge is 2.67. The molecule has 4 unspecified atom stereocenters. The lowest BCUT2D eigenvalue weighted by molar-refractivity contribution is -0.115. The average Bonchev–Trinajstić information content (AvgIpc) is 2.58. The van der Waals surface area contributed by atoms with Crippen molar-refractivity contribution in [2.24, 2.45) is 28.6 Å². The third-order valence-electron chi connectivity index (χ3n) is 5.98. The van der Waals surface area contributed by atoms with Crippen molar-refractivity contribution in [3.8, 4) is 0 Å². The molecule has 2 heteroatoms. The van der Waals surface area contributed by atoms with Gasteiger partial charge in [-0.25, -0.2) is 0 Å². The zero-order chi connectivity index (χ0) is 12.4. The van der Waals surface area contributed by atoms with Gasteiger partial charge in [-0.05, 0) is 48.0 Å². The van der Waals surface area contributed by atoms with Gasteiger partial charge >= 0.3 is 0 Å². The van der Waals surface area contributed by atoms with Gasteiger partial charge in [0.25, 0.3) is 0 Å². The summed E-state index contributed by atoms with van der Waals surface area (Å²) < 4.78 is 0. The minimum absolute atomic E-state index is 0.0573. The van der Waals surface area contributed by atoms with E-state index in [4.69, 9.17) is 0 Å². The van der Waals surface area contributed by atoms with Crippen molar-refractivity contribution in [3.05, 3.63) is 12.2 Å². The zero-order valence-electron chi connectivity index (χ0n) is 10.8. The highest BCUT2D eigenvalue weighted by Crippen LogP contribution is 2.71. The Balaban J connectivity index is 2.12.